The first-order chi connectivity index (χ1) is 9.64. The number of carbonyl (C=O) groups is 2. The minimum absolute atomic E-state index is 0.0325. The molecule has 1 atom stereocenters. The van der Waals surface area contributed by atoms with Gasteiger partial charge in [0, 0.05) is 11.1 Å². The Bertz CT molecular complexity index is 537. The lowest BCUT2D eigenvalue weighted by molar-refractivity contribution is -0.137. The Morgan fingerprint density at radius 2 is 2.00 bits per heavy atom. The zero-order valence-corrected chi connectivity index (χ0v) is 12.6. The van der Waals surface area contributed by atoms with Crippen LogP contribution in [0.25, 0.3) is 0 Å². The van der Waals surface area contributed by atoms with Crippen LogP contribution in [-0.4, -0.2) is 35.5 Å². The lowest BCUT2D eigenvalue weighted by Gasteiger charge is -2.27. The number of halogens is 1. The molecule has 0 saturated carbocycles. The molecular formula is C15H20FNO4. The fourth-order valence-electron chi connectivity index (χ4n) is 1.93. The summed E-state index contributed by atoms with van der Waals surface area (Å²) >= 11 is 0. The second-order valence-corrected chi connectivity index (χ2v) is 5.76. The van der Waals surface area contributed by atoms with Gasteiger partial charge in [-0.3, -0.25) is 9.59 Å². The van der Waals surface area contributed by atoms with E-state index in [4.69, 9.17) is 9.84 Å². The summed E-state index contributed by atoms with van der Waals surface area (Å²) in [6, 6.07) is 2.90. The van der Waals surface area contributed by atoms with E-state index in [0.29, 0.717) is 0 Å². The number of ether oxygens (including phenoxy) is 1. The van der Waals surface area contributed by atoms with Crippen LogP contribution in [0.15, 0.2) is 18.2 Å². The second kappa shape index (κ2) is 6.67. The molecule has 2 N–H and O–H groups in total. The number of carboxylic acids is 1. The van der Waals surface area contributed by atoms with Gasteiger partial charge in [0.15, 0.2) is 17.3 Å². The van der Waals surface area contributed by atoms with E-state index in [-0.39, 0.29) is 17.7 Å². The van der Waals surface area contributed by atoms with Crippen molar-refractivity contribution in [3.05, 3.63) is 29.6 Å². The first kappa shape index (κ1) is 17.1. The molecule has 0 saturated heterocycles. The lowest BCUT2D eigenvalue weighted by atomic mass is 9.97. The normalized spacial score (nSPS) is 12.8. The van der Waals surface area contributed by atoms with E-state index < -0.39 is 29.2 Å². The van der Waals surface area contributed by atoms with E-state index in [1.54, 1.807) is 0 Å². The number of ketones is 1. The van der Waals surface area contributed by atoms with E-state index in [1.807, 2.05) is 20.8 Å². The topological polar surface area (TPSA) is 75.6 Å². The molecule has 5 nitrogen and oxygen atoms in total. The number of methoxy groups -OCH3 is 1. The largest absolute Gasteiger partial charge is 0.494 e. The summed E-state index contributed by atoms with van der Waals surface area (Å²) in [5, 5.41) is 11.9. The number of Topliss-reactive ketones (excluding diaryl/α,β-unsaturated/α-hetero) is 1. The smallest absolute Gasteiger partial charge is 0.305 e. The summed E-state index contributed by atoms with van der Waals surface area (Å²) in [7, 11) is 1.33. The molecule has 1 unspecified atom stereocenters. The van der Waals surface area contributed by atoms with Crippen LogP contribution in [0, 0.1) is 5.82 Å². The Morgan fingerprint density at radius 1 is 1.38 bits per heavy atom. The minimum Gasteiger partial charge on any atom is -0.494 e. The van der Waals surface area contributed by atoms with Crippen molar-refractivity contribution in [1.82, 2.24) is 5.32 Å². The number of hydrogen-bond donors (Lipinski definition) is 2. The molecular weight excluding hydrogens is 277 g/mol. The summed E-state index contributed by atoms with van der Waals surface area (Å²) in [6.45, 7) is 5.47. The summed E-state index contributed by atoms with van der Waals surface area (Å²) in [5.74, 6) is -2.19. The van der Waals surface area contributed by atoms with Gasteiger partial charge in [-0.05, 0) is 39.0 Å². The Balaban J connectivity index is 3.04. The number of carbonyl (C=O) groups excluding carboxylic acids is 1. The molecule has 116 valence electrons. The van der Waals surface area contributed by atoms with E-state index in [2.05, 4.69) is 5.32 Å². The fourth-order valence-corrected chi connectivity index (χ4v) is 1.93. The number of aliphatic carboxylic acids is 1. The molecule has 0 heterocycles. The van der Waals surface area contributed by atoms with Gasteiger partial charge in [-0.15, -0.1) is 0 Å². The highest BCUT2D eigenvalue weighted by molar-refractivity contribution is 6.01. The van der Waals surface area contributed by atoms with Gasteiger partial charge in [-0.25, -0.2) is 4.39 Å². The highest BCUT2D eigenvalue weighted by Crippen LogP contribution is 2.19. The molecule has 21 heavy (non-hydrogen) atoms. The van der Waals surface area contributed by atoms with Crippen molar-refractivity contribution in [2.45, 2.75) is 38.8 Å². The van der Waals surface area contributed by atoms with Crippen molar-refractivity contribution in [3.63, 3.8) is 0 Å². The third-order valence-electron chi connectivity index (χ3n) is 2.74. The summed E-state index contributed by atoms with van der Waals surface area (Å²) in [4.78, 5) is 23.3. The van der Waals surface area contributed by atoms with Gasteiger partial charge < -0.3 is 15.2 Å². The van der Waals surface area contributed by atoms with Crippen molar-refractivity contribution < 1.29 is 23.8 Å². The maximum atomic E-state index is 13.7. The van der Waals surface area contributed by atoms with Gasteiger partial charge in [0.05, 0.1) is 19.6 Å². The van der Waals surface area contributed by atoms with E-state index in [9.17, 15) is 14.0 Å². The Hall–Kier alpha value is -1.95. The number of benzene rings is 1. The van der Waals surface area contributed by atoms with Crippen LogP contribution in [0.4, 0.5) is 4.39 Å². The molecule has 0 bridgehead atoms. The van der Waals surface area contributed by atoms with Crippen molar-refractivity contribution in [1.29, 1.82) is 0 Å². The third kappa shape index (κ3) is 5.15. The molecule has 0 fully saturated rings. The second-order valence-electron chi connectivity index (χ2n) is 5.76. The maximum Gasteiger partial charge on any atom is 0.305 e. The van der Waals surface area contributed by atoms with Crippen LogP contribution in [0.1, 0.15) is 37.6 Å². The zero-order chi connectivity index (χ0) is 16.2. The van der Waals surface area contributed by atoms with Gasteiger partial charge in [-0.2, -0.15) is 0 Å². The molecule has 1 aromatic carbocycles. The summed E-state index contributed by atoms with van der Waals surface area (Å²) < 4.78 is 18.4. The molecule has 0 aliphatic heterocycles. The van der Waals surface area contributed by atoms with Crippen molar-refractivity contribution >= 4 is 11.8 Å². The predicted molar refractivity (Wildman–Crippen MR) is 76.2 cm³/mol. The van der Waals surface area contributed by atoms with Gasteiger partial charge in [0.1, 0.15) is 0 Å². The van der Waals surface area contributed by atoms with Crippen LogP contribution in [0.5, 0.6) is 5.75 Å². The van der Waals surface area contributed by atoms with Crippen LogP contribution >= 0.6 is 0 Å². The van der Waals surface area contributed by atoms with Crippen molar-refractivity contribution in [2.75, 3.05) is 7.11 Å². The highest BCUT2D eigenvalue weighted by Gasteiger charge is 2.27. The van der Waals surface area contributed by atoms with Crippen LogP contribution < -0.4 is 10.1 Å². The third-order valence-corrected chi connectivity index (χ3v) is 2.74. The monoisotopic (exact) mass is 297 g/mol. The molecule has 0 spiro atoms. The van der Waals surface area contributed by atoms with Crippen LogP contribution in [0.3, 0.4) is 0 Å². The average molecular weight is 297 g/mol. The molecule has 0 radical (unpaired) electrons. The van der Waals surface area contributed by atoms with Gasteiger partial charge in [-0.1, -0.05) is 0 Å². The Morgan fingerprint density at radius 3 is 2.43 bits per heavy atom. The molecule has 1 aromatic rings. The molecule has 0 aliphatic carbocycles. The van der Waals surface area contributed by atoms with E-state index >= 15 is 0 Å². The molecule has 6 heteroatoms. The summed E-state index contributed by atoms with van der Waals surface area (Å²) in [5.41, 5.74) is -0.336. The SMILES string of the molecule is COc1ccc(C(=O)C(CC(=O)O)NC(C)(C)C)cc1F. The Kier molecular flexibility index (Phi) is 5.43. The van der Waals surface area contributed by atoms with Crippen LogP contribution in [-0.2, 0) is 4.79 Å². The lowest BCUT2D eigenvalue weighted by Crippen LogP contribution is -2.48. The summed E-state index contributed by atoms with van der Waals surface area (Å²) in [6.07, 6.45) is -0.371. The van der Waals surface area contributed by atoms with Gasteiger partial charge in [0.2, 0.25) is 0 Å². The first-order valence-electron chi connectivity index (χ1n) is 6.51. The first-order valence-corrected chi connectivity index (χ1v) is 6.51. The average Bonchev–Trinajstić information content (AvgIpc) is 2.34. The maximum absolute atomic E-state index is 13.7. The van der Waals surface area contributed by atoms with Crippen molar-refractivity contribution in [2.24, 2.45) is 0 Å². The molecule has 0 aliphatic rings. The van der Waals surface area contributed by atoms with Crippen molar-refractivity contribution in [3.8, 4) is 5.75 Å². The van der Waals surface area contributed by atoms with E-state index in [1.165, 1.54) is 19.2 Å². The number of carboxylic acid groups (broad SMARTS) is 1. The standard InChI is InChI=1S/C15H20FNO4/c1-15(2,3)17-11(8-13(18)19)14(20)9-5-6-12(21-4)10(16)7-9/h5-7,11,17H,8H2,1-4H3,(H,18,19). The molecule has 1 rings (SSSR count). The number of rotatable bonds is 6. The molecule has 0 amide bonds. The number of nitrogens with one attached hydrogen (secondary N) is 1. The highest BCUT2D eigenvalue weighted by atomic mass is 19.1. The number of hydrogen-bond acceptors (Lipinski definition) is 4. The Labute approximate surface area is 123 Å². The molecule has 0 aromatic heterocycles. The van der Waals surface area contributed by atoms with E-state index in [0.717, 1.165) is 6.07 Å². The van der Waals surface area contributed by atoms with Crippen LogP contribution in [0.2, 0.25) is 0 Å². The predicted octanol–water partition coefficient (Wildman–Crippen LogP) is 2.25. The fraction of sp³-hybridized carbons (Fsp3) is 0.467. The minimum atomic E-state index is -1.10. The quantitative estimate of drug-likeness (QED) is 0.788. The van der Waals surface area contributed by atoms with Gasteiger partial charge >= 0.3 is 5.97 Å². The zero-order valence-electron chi connectivity index (χ0n) is 12.6. The van der Waals surface area contributed by atoms with Gasteiger partial charge in [0.25, 0.3) is 0 Å².